The van der Waals surface area contributed by atoms with Gasteiger partial charge in [-0.25, -0.2) is 4.98 Å². The minimum atomic E-state index is -0.853. The van der Waals surface area contributed by atoms with Gasteiger partial charge in [-0.1, -0.05) is 12.1 Å². The van der Waals surface area contributed by atoms with Crippen molar-refractivity contribution in [2.24, 2.45) is 5.73 Å². The fraction of sp³-hybridized carbons (Fsp3) is 0.250. The first-order chi connectivity index (χ1) is 8.16. The third kappa shape index (κ3) is 2.76. The van der Waals surface area contributed by atoms with Gasteiger partial charge in [-0.2, -0.15) is 0 Å². The van der Waals surface area contributed by atoms with Crippen LogP contribution in [0, 0.1) is 0 Å². The van der Waals surface area contributed by atoms with Gasteiger partial charge >= 0.3 is 5.97 Å². The normalized spacial score (nSPS) is 12.5. The molecule has 1 aromatic carbocycles. The number of fused-ring (bicyclic) bond motifs is 1. The number of carboxylic acid groups (broad SMARTS) is 1. The lowest BCUT2D eigenvalue weighted by Crippen LogP contribution is -2.14. The van der Waals surface area contributed by atoms with Gasteiger partial charge < -0.3 is 10.8 Å². The number of hydrogen-bond donors (Lipinski definition) is 2. The molecule has 0 fully saturated rings. The first-order valence-corrected chi connectivity index (χ1v) is 5.36. The second kappa shape index (κ2) is 4.88. The smallest absolute Gasteiger partial charge is 0.303 e. The van der Waals surface area contributed by atoms with Gasteiger partial charge in [-0.15, -0.1) is 0 Å². The fourth-order valence-corrected chi connectivity index (χ4v) is 1.58. The lowest BCUT2D eigenvalue weighted by atomic mass is 10.1. The Morgan fingerprint density at radius 1 is 1.35 bits per heavy atom. The van der Waals surface area contributed by atoms with E-state index in [1.54, 1.807) is 6.20 Å². The first kappa shape index (κ1) is 11.5. The van der Waals surface area contributed by atoms with Crippen LogP contribution in [-0.2, 0) is 4.79 Å². The number of nitrogens with two attached hydrogens (primary N) is 1. The van der Waals surface area contributed by atoms with E-state index in [0.29, 0.717) is 12.1 Å². The molecule has 0 saturated heterocycles. The average molecular weight is 231 g/mol. The molecule has 0 saturated carbocycles. The summed E-state index contributed by atoms with van der Waals surface area (Å²) in [5, 5.41) is 8.59. The summed E-state index contributed by atoms with van der Waals surface area (Å²) in [5.41, 5.74) is 8.08. The van der Waals surface area contributed by atoms with Crippen molar-refractivity contribution in [2.45, 2.75) is 18.9 Å². The van der Waals surface area contributed by atoms with Crippen molar-refractivity contribution >= 4 is 17.0 Å². The molecule has 1 unspecified atom stereocenters. The molecule has 17 heavy (non-hydrogen) atoms. The topological polar surface area (TPSA) is 89.1 Å². The van der Waals surface area contributed by atoms with Crippen molar-refractivity contribution in [1.29, 1.82) is 0 Å². The molecule has 3 N–H and O–H groups in total. The lowest BCUT2D eigenvalue weighted by molar-refractivity contribution is -0.137. The largest absolute Gasteiger partial charge is 0.481 e. The number of rotatable bonds is 4. The van der Waals surface area contributed by atoms with Crippen molar-refractivity contribution in [1.82, 2.24) is 9.97 Å². The van der Waals surface area contributed by atoms with Crippen LogP contribution in [0.3, 0.4) is 0 Å². The van der Waals surface area contributed by atoms with Crippen LogP contribution in [0.25, 0.3) is 11.0 Å². The maximum absolute atomic E-state index is 10.5. The van der Waals surface area contributed by atoms with Crippen LogP contribution in [0.2, 0.25) is 0 Å². The van der Waals surface area contributed by atoms with E-state index in [9.17, 15) is 4.79 Å². The maximum atomic E-state index is 10.5. The van der Waals surface area contributed by atoms with Crippen LogP contribution in [0.1, 0.15) is 24.6 Å². The molecule has 0 aliphatic carbocycles. The summed E-state index contributed by atoms with van der Waals surface area (Å²) in [6.07, 6.45) is 2.01. The highest BCUT2D eigenvalue weighted by Gasteiger charge is 2.10. The van der Waals surface area contributed by atoms with Gasteiger partial charge in [0, 0.05) is 12.5 Å². The molecule has 1 aromatic heterocycles. The molecule has 0 aliphatic rings. The Balaban J connectivity index is 2.20. The first-order valence-electron chi connectivity index (χ1n) is 5.36. The molecule has 1 heterocycles. The van der Waals surface area contributed by atoms with Crippen LogP contribution in [0.4, 0.5) is 0 Å². The van der Waals surface area contributed by atoms with Gasteiger partial charge in [0.1, 0.15) is 0 Å². The number of para-hydroxylation sites is 2. The highest BCUT2D eigenvalue weighted by molar-refractivity contribution is 5.73. The van der Waals surface area contributed by atoms with Crippen LogP contribution < -0.4 is 5.73 Å². The monoisotopic (exact) mass is 231 g/mol. The van der Waals surface area contributed by atoms with E-state index < -0.39 is 5.97 Å². The zero-order valence-electron chi connectivity index (χ0n) is 9.21. The molecule has 0 amide bonds. The Hall–Kier alpha value is -2.01. The minimum absolute atomic E-state index is 0.0374. The molecular weight excluding hydrogens is 218 g/mol. The van der Waals surface area contributed by atoms with Crippen molar-refractivity contribution in [3.63, 3.8) is 0 Å². The number of aromatic nitrogens is 2. The molecular formula is C12H13N3O2. The number of hydrogen-bond acceptors (Lipinski definition) is 4. The number of carbonyl (C=O) groups is 1. The Bertz CT molecular complexity index is 542. The highest BCUT2D eigenvalue weighted by atomic mass is 16.4. The second-order valence-electron chi connectivity index (χ2n) is 3.82. The van der Waals surface area contributed by atoms with Crippen LogP contribution in [-0.4, -0.2) is 21.0 Å². The van der Waals surface area contributed by atoms with Crippen LogP contribution >= 0.6 is 0 Å². The van der Waals surface area contributed by atoms with Crippen molar-refractivity contribution in [3.8, 4) is 0 Å². The van der Waals surface area contributed by atoms with E-state index in [1.807, 2.05) is 24.3 Å². The number of nitrogens with zero attached hydrogens (tertiary/aromatic N) is 2. The van der Waals surface area contributed by atoms with E-state index in [0.717, 1.165) is 11.0 Å². The summed E-state index contributed by atoms with van der Waals surface area (Å²) in [5.74, 6) is -0.853. The van der Waals surface area contributed by atoms with E-state index >= 15 is 0 Å². The molecule has 2 rings (SSSR count). The molecule has 88 valence electrons. The molecule has 0 bridgehead atoms. The molecule has 5 heteroatoms. The van der Waals surface area contributed by atoms with Crippen LogP contribution in [0.5, 0.6) is 0 Å². The predicted octanol–water partition coefficient (Wildman–Crippen LogP) is 1.49. The van der Waals surface area contributed by atoms with E-state index in [1.165, 1.54) is 0 Å². The lowest BCUT2D eigenvalue weighted by Gasteiger charge is -2.09. The molecule has 1 atom stereocenters. The summed E-state index contributed by atoms with van der Waals surface area (Å²) < 4.78 is 0. The predicted molar refractivity (Wildman–Crippen MR) is 63.3 cm³/mol. The number of benzene rings is 1. The van der Waals surface area contributed by atoms with Gasteiger partial charge in [0.25, 0.3) is 0 Å². The maximum Gasteiger partial charge on any atom is 0.303 e. The number of carboxylic acids is 1. The average Bonchev–Trinajstić information content (AvgIpc) is 2.35. The van der Waals surface area contributed by atoms with E-state index in [-0.39, 0.29) is 12.5 Å². The Labute approximate surface area is 98.3 Å². The standard InChI is InChI=1S/C12H13N3O2/c13-8(5-6-12(16)17)11-7-14-9-3-1-2-4-10(9)15-11/h1-4,7-8H,5-6,13H2,(H,16,17). The summed E-state index contributed by atoms with van der Waals surface area (Å²) in [4.78, 5) is 19.1. The summed E-state index contributed by atoms with van der Waals surface area (Å²) >= 11 is 0. The van der Waals surface area contributed by atoms with Gasteiger partial charge in [-0.3, -0.25) is 9.78 Å². The summed E-state index contributed by atoms with van der Waals surface area (Å²) in [6.45, 7) is 0. The Morgan fingerprint density at radius 2 is 2.06 bits per heavy atom. The van der Waals surface area contributed by atoms with Crippen molar-refractivity contribution < 1.29 is 9.90 Å². The quantitative estimate of drug-likeness (QED) is 0.832. The highest BCUT2D eigenvalue weighted by Crippen LogP contribution is 2.16. The van der Waals surface area contributed by atoms with Gasteiger partial charge in [0.05, 0.1) is 22.9 Å². The molecule has 0 spiro atoms. The SMILES string of the molecule is NC(CCC(=O)O)c1cnc2ccccc2n1. The summed E-state index contributed by atoms with van der Waals surface area (Å²) in [7, 11) is 0. The second-order valence-corrected chi connectivity index (χ2v) is 3.82. The molecule has 2 aromatic rings. The Kier molecular flexibility index (Phi) is 3.30. The Morgan fingerprint density at radius 3 is 2.76 bits per heavy atom. The molecule has 0 radical (unpaired) electrons. The third-order valence-corrected chi connectivity index (χ3v) is 2.52. The van der Waals surface area contributed by atoms with Gasteiger partial charge in [0.2, 0.25) is 0 Å². The minimum Gasteiger partial charge on any atom is -0.481 e. The van der Waals surface area contributed by atoms with Gasteiger partial charge in [-0.05, 0) is 18.6 Å². The van der Waals surface area contributed by atoms with Crippen LogP contribution in [0.15, 0.2) is 30.5 Å². The molecule has 5 nitrogen and oxygen atoms in total. The van der Waals surface area contributed by atoms with Gasteiger partial charge in [0.15, 0.2) is 0 Å². The van der Waals surface area contributed by atoms with Crippen molar-refractivity contribution in [3.05, 3.63) is 36.2 Å². The zero-order valence-corrected chi connectivity index (χ0v) is 9.21. The van der Waals surface area contributed by atoms with Crippen molar-refractivity contribution in [2.75, 3.05) is 0 Å². The zero-order chi connectivity index (χ0) is 12.3. The third-order valence-electron chi connectivity index (χ3n) is 2.52. The molecule has 0 aliphatic heterocycles. The summed E-state index contributed by atoms with van der Waals surface area (Å²) in [6, 6.07) is 7.11. The van der Waals surface area contributed by atoms with E-state index in [4.69, 9.17) is 10.8 Å². The fourth-order valence-electron chi connectivity index (χ4n) is 1.58. The van der Waals surface area contributed by atoms with E-state index in [2.05, 4.69) is 9.97 Å². The number of aliphatic carboxylic acids is 1.